The van der Waals surface area contributed by atoms with Crippen LogP contribution >= 0.6 is 12.4 Å². The Kier molecular flexibility index (Phi) is 8.11. The molecule has 0 bridgehead atoms. The molecule has 0 spiro atoms. The topological polar surface area (TPSA) is 90.7 Å². The van der Waals surface area contributed by atoms with Crippen molar-refractivity contribution in [3.63, 3.8) is 0 Å². The van der Waals surface area contributed by atoms with E-state index in [9.17, 15) is 8.42 Å². The summed E-state index contributed by atoms with van der Waals surface area (Å²) < 4.78 is 38.7. The summed E-state index contributed by atoms with van der Waals surface area (Å²) in [5.74, 6) is 1.05. The maximum Gasteiger partial charge on any atom is 0.241 e. The first kappa shape index (κ1) is 20.0. The standard InChI is InChI=1S/C15H24N2O4S.ClH/c1-2-3-5-12(11-16)17-22(18,19)13-6-7-14-15(10-13)21-9-4-8-20-14;/h6-7,10,12,17H,2-5,8-9,11,16H2,1H3;1H. The highest BCUT2D eigenvalue weighted by atomic mass is 35.5. The maximum atomic E-state index is 12.5. The summed E-state index contributed by atoms with van der Waals surface area (Å²) in [5, 5.41) is 0. The van der Waals surface area contributed by atoms with E-state index in [1.54, 1.807) is 6.07 Å². The molecule has 1 aromatic carbocycles. The third-order valence-corrected chi connectivity index (χ3v) is 5.06. The van der Waals surface area contributed by atoms with Crippen LogP contribution in [0.15, 0.2) is 23.1 Å². The third kappa shape index (κ3) is 5.53. The summed E-state index contributed by atoms with van der Waals surface area (Å²) in [4.78, 5) is 0.173. The summed E-state index contributed by atoms with van der Waals surface area (Å²) in [6, 6.07) is 4.43. The first-order chi connectivity index (χ1) is 10.6. The summed E-state index contributed by atoms with van der Waals surface area (Å²) in [7, 11) is -3.61. The van der Waals surface area contributed by atoms with Crippen molar-refractivity contribution in [3.05, 3.63) is 18.2 Å². The molecule has 132 valence electrons. The Morgan fingerprint density at radius 2 is 1.96 bits per heavy atom. The fourth-order valence-electron chi connectivity index (χ4n) is 2.27. The highest BCUT2D eigenvalue weighted by Crippen LogP contribution is 2.31. The molecule has 0 fully saturated rings. The van der Waals surface area contributed by atoms with Gasteiger partial charge < -0.3 is 15.2 Å². The second-order valence-electron chi connectivity index (χ2n) is 5.36. The summed E-state index contributed by atoms with van der Waals surface area (Å²) in [5.41, 5.74) is 5.66. The van der Waals surface area contributed by atoms with Gasteiger partial charge in [-0.15, -0.1) is 12.4 Å². The Morgan fingerprint density at radius 3 is 2.61 bits per heavy atom. The van der Waals surface area contributed by atoms with Crippen LogP contribution in [0.4, 0.5) is 0 Å². The summed E-state index contributed by atoms with van der Waals surface area (Å²) in [6.07, 6.45) is 3.45. The molecular weight excluding hydrogens is 340 g/mol. The van der Waals surface area contributed by atoms with Gasteiger partial charge in [0.15, 0.2) is 11.5 Å². The number of hydrogen-bond donors (Lipinski definition) is 2. The van der Waals surface area contributed by atoms with Crippen LogP contribution in [0.5, 0.6) is 11.5 Å². The molecule has 1 unspecified atom stereocenters. The molecule has 6 nitrogen and oxygen atoms in total. The van der Waals surface area contributed by atoms with Gasteiger partial charge in [0, 0.05) is 25.1 Å². The minimum atomic E-state index is -3.61. The predicted molar refractivity (Wildman–Crippen MR) is 92.0 cm³/mol. The Hall–Kier alpha value is -1.02. The second-order valence-corrected chi connectivity index (χ2v) is 7.07. The molecule has 1 atom stereocenters. The van der Waals surface area contributed by atoms with Gasteiger partial charge in [0.25, 0.3) is 0 Å². The quantitative estimate of drug-likeness (QED) is 0.772. The van der Waals surface area contributed by atoms with Gasteiger partial charge in [0.2, 0.25) is 10.0 Å². The molecule has 1 heterocycles. The van der Waals surface area contributed by atoms with Crippen molar-refractivity contribution in [1.82, 2.24) is 4.72 Å². The van der Waals surface area contributed by atoms with Crippen LogP contribution in [0.1, 0.15) is 32.6 Å². The molecule has 2 rings (SSSR count). The number of ether oxygens (including phenoxy) is 2. The average molecular weight is 365 g/mol. The van der Waals surface area contributed by atoms with Gasteiger partial charge in [-0.3, -0.25) is 0 Å². The van der Waals surface area contributed by atoms with Gasteiger partial charge in [0.1, 0.15) is 0 Å². The lowest BCUT2D eigenvalue weighted by atomic mass is 10.1. The molecule has 0 saturated heterocycles. The van der Waals surface area contributed by atoms with E-state index in [1.165, 1.54) is 12.1 Å². The number of fused-ring (bicyclic) bond motifs is 1. The molecule has 1 aromatic rings. The molecule has 0 aliphatic carbocycles. The molecule has 0 radical (unpaired) electrons. The fraction of sp³-hybridized carbons (Fsp3) is 0.600. The first-order valence-corrected chi connectivity index (χ1v) is 9.17. The van der Waals surface area contributed by atoms with Crippen LogP contribution in [0.25, 0.3) is 0 Å². The third-order valence-electron chi connectivity index (χ3n) is 3.54. The molecule has 3 N–H and O–H groups in total. The molecule has 23 heavy (non-hydrogen) atoms. The van der Waals surface area contributed by atoms with E-state index in [0.29, 0.717) is 24.7 Å². The van der Waals surface area contributed by atoms with Crippen molar-refractivity contribution in [3.8, 4) is 11.5 Å². The number of nitrogens with two attached hydrogens (primary N) is 1. The Bertz CT molecular complexity index is 595. The zero-order chi connectivity index (χ0) is 16.0. The van der Waals surface area contributed by atoms with Crippen molar-refractivity contribution in [2.75, 3.05) is 19.8 Å². The van der Waals surface area contributed by atoms with E-state index in [4.69, 9.17) is 15.2 Å². The van der Waals surface area contributed by atoms with Gasteiger partial charge in [-0.1, -0.05) is 19.8 Å². The normalized spacial score (nSPS) is 15.4. The number of nitrogens with one attached hydrogen (secondary N) is 1. The molecule has 1 aliphatic rings. The largest absolute Gasteiger partial charge is 0.490 e. The van der Waals surface area contributed by atoms with Crippen molar-refractivity contribution in [2.45, 2.75) is 43.5 Å². The highest BCUT2D eigenvalue weighted by Gasteiger charge is 2.21. The SMILES string of the molecule is CCCCC(CN)NS(=O)(=O)c1ccc2c(c1)OCCCO2.Cl. The van der Waals surface area contributed by atoms with Gasteiger partial charge in [-0.25, -0.2) is 13.1 Å². The van der Waals surface area contributed by atoms with E-state index < -0.39 is 10.0 Å². The molecular formula is C15H25ClN2O4S. The average Bonchev–Trinajstić information content (AvgIpc) is 2.75. The van der Waals surface area contributed by atoms with Crippen molar-refractivity contribution >= 4 is 22.4 Å². The van der Waals surface area contributed by atoms with E-state index in [0.717, 1.165) is 25.7 Å². The van der Waals surface area contributed by atoms with Crippen LogP contribution in [0.3, 0.4) is 0 Å². The summed E-state index contributed by atoms with van der Waals surface area (Å²) in [6.45, 7) is 3.44. The minimum Gasteiger partial charge on any atom is -0.490 e. The highest BCUT2D eigenvalue weighted by molar-refractivity contribution is 7.89. The lowest BCUT2D eigenvalue weighted by Crippen LogP contribution is -2.40. The Morgan fingerprint density at radius 1 is 1.26 bits per heavy atom. The van der Waals surface area contributed by atoms with Crippen molar-refractivity contribution < 1.29 is 17.9 Å². The van der Waals surface area contributed by atoms with Gasteiger partial charge in [-0.05, 0) is 18.6 Å². The van der Waals surface area contributed by atoms with Crippen LogP contribution in [-0.4, -0.2) is 34.2 Å². The Labute approximate surface area is 144 Å². The van der Waals surface area contributed by atoms with E-state index >= 15 is 0 Å². The van der Waals surface area contributed by atoms with Gasteiger partial charge in [0.05, 0.1) is 18.1 Å². The molecule has 0 amide bonds. The van der Waals surface area contributed by atoms with Crippen LogP contribution in [-0.2, 0) is 10.0 Å². The lowest BCUT2D eigenvalue weighted by Gasteiger charge is -2.17. The number of rotatable bonds is 7. The lowest BCUT2D eigenvalue weighted by molar-refractivity contribution is 0.297. The molecule has 1 aliphatic heterocycles. The minimum absolute atomic E-state index is 0. The Balaban J connectivity index is 0.00000264. The zero-order valence-corrected chi connectivity index (χ0v) is 14.9. The number of unbranched alkanes of at least 4 members (excludes halogenated alkanes) is 1. The van der Waals surface area contributed by atoms with Crippen LogP contribution in [0.2, 0.25) is 0 Å². The van der Waals surface area contributed by atoms with E-state index in [1.807, 2.05) is 0 Å². The van der Waals surface area contributed by atoms with Crippen molar-refractivity contribution in [2.24, 2.45) is 5.73 Å². The zero-order valence-electron chi connectivity index (χ0n) is 13.3. The number of halogens is 1. The van der Waals surface area contributed by atoms with Gasteiger partial charge >= 0.3 is 0 Å². The monoisotopic (exact) mass is 364 g/mol. The number of sulfonamides is 1. The first-order valence-electron chi connectivity index (χ1n) is 7.69. The maximum absolute atomic E-state index is 12.5. The summed E-state index contributed by atoms with van der Waals surface area (Å²) >= 11 is 0. The molecule has 8 heteroatoms. The van der Waals surface area contributed by atoms with E-state index in [-0.39, 0.29) is 29.9 Å². The number of benzene rings is 1. The van der Waals surface area contributed by atoms with Crippen LogP contribution in [0, 0.1) is 0 Å². The smallest absolute Gasteiger partial charge is 0.241 e. The van der Waals surface area contributed by atoms with Crippen LogP contribution < -0.4 is 19.9 Å². The molecule has 0 saturated carbocycles. The van der Waals surface area contributed by atoms with Gasteiger partial charge in [-0.2, -0.15) is 0 Å². The second kappa shape index (κ2) is 9.32. The fourth-order valence-corrected chi connectivity index (χ4v) is 3.57. The van der Waals surface area contributed by atoms with E-state index in [2.05, 4.69) is 11.6 Å². The van der Waals surface area contributed by atoms with Crippen molar-refractivity contribution in [1.29, 1.82) is 0 Å². The predicted octanol–water partition coefficient (Wildman–Crippen LogP) is 2.07. The molecule has 0 aromatic heterocycles. The number of hydrogen-bond acceptors (Lipinski definition) is 5.